The Bertz CT molecular complexity index is 983. The molecule has 0 aromatic heterocycles. The summed E-state index contributed by atoms with van der Waals surface area (Å²) in [5.41, 5.74) is 3.32. The van der Waals surface area contributed by atoms with E-state index in [0.717, 1.165) is 12.0 Å². The fourth-order valence-corrected chi connectivity index (χ4v) is 2.90. The van der Waals surface area contributed by atoms with Gasteiger partial charge in [-0.1, -0.05) is 48.5 Å². The van der Waals surface area contributed by atoms with Crippen LogP contribution in [0.1, 0.15) is 21.5 Å². The Labute approximate surface area is 177 Å². The summed E-state index contributed by atoms with van der Waals surface area (Å²) in [6, 6.07) is 24.6. The molecule has 5 nitrogen and oxygen atoms in total. The van der Waals surface area contributed by atoms with E-state index < -0.39 is 0 Å². The van der Waals surface area contributed by atoms with Crippen molar-refractivity contribution in [2.45, 2.75) is 12.8 Å². The molecule has 0 atom stereocenters. The van der Waals surface area contributed by atoms with Gasteiger partial charge in [0.25, 0.3) is 5.91 Å². The molecule has 3 aromatic carbocycles. The van der Waals surface area contributed by atoms with Crippen LogP contribution in [0.2, 0.25) is 0 Å². The van der Waals surface area contributed by atoms with E-state index >= 15 is 0 Å². The number of anilines is 1. The summed E-state index contributed by atoms with van der Waals surface area (Å²) in [6.07, 6.45) is 1.14. The number of likely N-dealkylation sites (N-methyl/N-ethyl adjacent to an activating group) is 1. The van der Waals surface area contributed by atoms with Crippen LogP contribution in [0, 0.1) is 0 Å². The van der Waals surface area contributed by atoms with Crippen molar-refractivity contribution in [3.8, 4) is 5.75 Å². The molecule has 0 unspecified atom stereocenters. The minimum Gasteiger partial charge on any atom is -0.493 e. The molecule has 0 aliphatic heterocycles. The van der Waals surface area contributed by atoms with Gasteiger partial charge in [0.1, 0.15) is 5.75 Å². The molecule has 0 radical (unpaired) electrons. The quantitative estimate of drug-likeness (QED) is 0.615. The maximum absolute atomic E-state index is 12.6. The van der Waals surface area contributed by atoms with Gasteiger partial charge in [-0.05, 0) is 41.5 Å². The molecule has 0 heterocycles. The molecule has 0 fully saturated rings. The highest BCUT2D eigenvalue weighted by molar-refractivity contribution is 6.04. The lowest BCUT2D eigenvalue weighted by atomic mass is 10.1. The van der Waals surface area contributed by atoms with E-state index in [1.54, 1.807) is 43.3 Å². The fourth-order valence-electron chi connectivity index (χ4n) is 2.90. The van der Waals surface area contributed by atoms with Crippen molar-refractivity contribution in [3.63, 3.8) is 0 Å². The second kappa shape index (κ2) is 10.3. The number of nitrogens with one attached hydrogen (secondary N) is 1. The second-order valence-corrected chi connectivity index (χ2v) is 7.23. The number of carbonyl (C=O) groups is 2. The Morgan fingerprint density at radius 1 is 0.867 bits per heavy atom. The van der Waals surface area contributed by atoms with Crippen molar-refractivity contribution in [2.24, 2.45) is 0 Å². The zero-order valence-corrected chi connectivity index (χ0v) is 17.3. The topological polar surface area (TPSA) is 58.6 Å². The monoisotopic (exact) mass is 402 g/mol. The van der Waals surface area contributed by atoms with Gasteiger partial charge in [0.2, 0.25) is 5.91 Å². The highest BCUT2D eigenvalue weighted by atomic mass is 16.5. The van der Waals surface area contributed by atoms with Crippen molar-refractivity contribution in [1.82, 2.24) is 4.90 Å². The predicted octanol–water partition coefficient (Wildman–Crippen LogP) is 4.19. The molecule has 3 aromatic rings. The number of rotatable bonds is 8. The zero-order chi connectivity index (χ0) is 21.3. The molecule has 3 rings (SSSR count). The second-order valence-electron chi connectivity index (χ2n) is 7.23. The van der Waals surface area contributed by atoms with Crippen LogP contribution in [0.5, 0.6) is 5.75 Å². The van der Waals surface area contributed by atoms with Crippen LogP contribution in [0.3, 0.4) is 0 Å². The minimum atomic E-state index is -0.208. The van der Waals surface area contributed by atoms with E-state index in [9.17, 15) is 9.59 Å². The molecule has 30 heavy (non-hydrogen) atoms. The van der Waals surface area contributed by atoms with Gasteiger partial charge in [0, 0.05) is 31.8 Å². The normalized spacial score (nSPS) is 10.3. The third kappa shape index (κ3) is 6.21. The molecular weight excluding hydrogens is 376 g/mol. The van der Waals surface area contributed by atoms with E-state index in [2.05, 4.69) is 17.4 Å². The summed E-state index contributed by atoms with van der Waals surface area (Å²) < 4.78 is 5.81. The van der Waals surface area contributed by atoms with Crippen LogP contribution < -0.4 is 10.1 Å². The maximum atomic E-state index is 12.6. The fraction of sp³-hybridized carbons (Fsp3) is 0.200. The average molecular weight is 402 g/mol. The van der Waals surface area contributed by atoms with E-state index in [1.807, 2.05) is 42.5 Å². The Balaban J connectivity index is 1.55. The van der Waals surface area contributed by atoms with Gasteiger partial charge in [0.05, 0.1) is 13.0 Å². The highest BCUT2D eigenvalue weighted by Crippen LogP contribution is 2.17. The van der Waals surface area contributed by atoms with Gasteiger partial charge >= 0.3 is 0 Å². The number of hydrogen-bond donors (Lipinski definition) is 1. The Kier molecular flexibility index (Phi) is 7.22. The molecule has 0 aliphatic rings. The third-order valence-electron chi connectivity index (χ3n) is 4.66. The number of ether oxygens (including phenoxy) is 1. The standard InChI is InChI=1S/C25H26N2O3/c1-27(2)24(28)17-20-11-13-22(14-12-20)26-25(29)21-9-6-10-23(18-21)30-16-15-19-7-4-3-5-8-19/h3-14,18H,15-17H2,1-2H3,(H,26,29). The summed E-state index contributed by atoms with van der Waals surface area (Å²) in [4.78, 5) is 25.9. The summed E-state index contributed by atoms with van der Waals surface area (Å²) in [7, 11) is 3.47. The largest absolute Gasteiger partial charge is 0.493 e. The molecule has 2 amide bonds. The first-order chi connectivity index (χ1) is 14.5. The van der Waals surface area contributed by atoms with Crippen LogP contribution in [0.15, 0.2) is 78.9 Å². The lowest BCUT2D eigenvalue weighted by Gasteiger charge is -2.11. The smallest absolute Gasteiger partial charge is 0.255 e. The molecule has 154 valence electrons. The predicted molar refractivity (Wildman–Crippen MR) is 119 cm³/mol. The summed E-state index contributed by atoms with van der Waals surface area (Å²) >= 11 is 0. The number of carbonyl (C=O) groups excluding carboxylic acids is 2. The first-order valence-corrected chi connectivity index (χ1v) is 9.88. The summed E-state index contributed by atoms with van der Waals surface area (Å²) in [5.74, 6) is 0.493. The van der Waals surface area contributed by atoms with Crippen LogP contribution >= 0.6 is 0 Å². The lowest BCUT2D eigenvalue weighted by Crippen LogP contribution is -2.23. The number of hydrogen-bond acceptors (Lipinski definition) is 3. The van der Waals surface area contributed by atoms with E-state index in [0.29, 0.717) is 30.0 Å². The Morgan fingerprint density at radius 2 is 1.60 bits per heavy atom. The Hall–Kier alpha value is -3.60. The number of nitrogens with zero attached hydrogens (tertiary/aromatic N) is 1. The molecule has 1 N–H and O–H groups in total. The number of amides is 2. The maximum Gasteiger partial charge on any atom is 0.255 e. The van der Waals surface area contributed by atoms with E-state index in [4.69, 9.17) is 4.74 Å². The van der Waals surface area contributed by atoms with Crippen molar-refractivity contribution in [1.29, 1.82) is 0 Å². The van der Waals surface area contributed by atoms with Crippen LogP contribution in [-0.2, 0) is 17.6 Å². The molecule has 0 bridgehead atoms. The molecule has 0 saturated carbocycles. The van der Waals surface area contributed by atoms with Gasteiger partial charge in [0.15, 0.2) is 0 Å². The number of benzene rings is 3. The van der Waals surface area contributed by atoms with Crippen molar-refractivity contribution >= 4 is 17.5 Å². The van der Waals surface area contributed by atoms with Crippen molar-refractivity contribution in [2.75, 3.05) is 26.0 Å². The Morgan fingerprint density at radius 3 is 2.30 bits per heavy atom. The van der Waals surface area contributed by atoms with Gasteiger partial charge in [-0.15, -0.1) is 0 Å². The van der Waals surface area contributed by atoms with E-state index in [-0.39, 0.29) is 11.8 Å². The van der Waals surface area contributed by atoms with Gasteiger partial charge in [-0.3, -0.25) is 9.59 Å². The van der Waals surface area contributed by atoms with Crippen LogP contribution in [0.4, 0.5) is 5.69 Å². The van der Waals surface area contributed by atoms with Crippen LogP contribution in [0.25, 0.3) is 0 Å². The van der Waals surface area contributed by atoms with E-state index in [1.165, 1.54) is 5.56 Å². The zero-order valence-electron chi connectivity index (χ0n) is 17.3. The van der Waals surface area contributed by atoms with Gasteiger partial charge in [-0.25, -0.2) is 0 Å². The van der Waals surface area contributed by atoms with Gasteiger partial charge < -0.3 is 15.0 Å². The summed E-state index contributed by atoms with van der Waals surface area (Å²) in [6.45, 7) is 0.544. The molecular formula is C25H26N2O3. The third-order valence-corrected chi connectivity index (χ3v) is 4.66. The first-order valence-electron chi connectivity index (χ1n) is 9.88. The molecule has 0 saturated heterocycles. The highest BCUT2D eigenvalue weighted by Gasteiger charge is 2.09. The van der Waals surface area contributed by atoms with Crippen molar-refractivity contribution < 1.29 is 14.3 Å². The first kappa shape index (κ1) is 21.1. The minimum absolute atomic E-state index is 0.0378. The molecule has 0 spiro atoms. The lowest BCUT2D eigenvalue weighted by molar-refractivity contribution is -0.127. The molecule has 0 aliphatic carbocycles. The van der Waals surface area contributed by atoms with Crippen molar-refractivity contribution in [3.05, 3.63) is 95.6 Å². The SMILES string of the molecule is CN(C)C(=O)Cc1ccc(NC(=O)c2cccc(OCCc3ccccc3)c2)cc1. The van der Waals surface area contributed by atoms with Gasteiger partial charge in [-0.2, -0.15) is 0 Å². The average Bonchev–Trinajstić information content (AvgIpc) is 2.76. The van der Waals surface area contributed by atoms with Crippen LogP contribution in [-0.4, -0.2) is 37.4 Å². The summed E-state index contributed by atoms with van der Waals surface area (Å²) in [5, 5.41) is 2.88. The molecule has 5 heteroatoms.